The largest absolute Gasteiger partial charge is 0.340 e. The molecule has 0 fully saturated rings. The van der Waals surface area contributed by atoms with Gasteiger partial charge >= 0.3 is 0 Å². The van der Waals surface area contributed by atoms with Crippen molar-refractivity contribution in [2.75, 3.05) is 0 Å². The summed E-state index contributed by atoms with van der Waals surface area (Å²) < 4.78 is 1.92. The lowest BCUT2D eigenvalue weighted by Crippen LogP contribution is -2.18. The van der Waals surface area contributed by atoms with E-state index in [9.17, 15) is 0 Å². The van der Waals surface area contributed by atoms with Gasteiger partial charge in [-0.1, -0.05) is 23.7 Å². The van der Waals surface area contributed by atoms with E-state index in [1.165, 1.54) is 0 Å². The molecule has 1 atom stereocenters. The summed E-state index contributed by atoms with van der Waals surface area (Å²) in [5.74, 6) is 0. The van der Waals surface area contributed by atoms with E-state index in [0.717, 1.165) is 28.4 Å². The van der Waals surface area contributed by atoms with Crippen LogP contribution in [0.4, 0.5) is 0 Å². The van der Waals surface area contributed by atoms with Gasteiger partial charge in [0.25, 0.3) is 0 Å². The second-order valence-electron chi connectivity index (χ2n) is 4.97. The Morgan fingerprint density at radius 2 is 2.15 bits per heavy atom. The Hall–Kier alpha value is -1.76. The van der Waals surface area contributed by atoms with E-state index in [4.69, 9.17) is 16.9 Å². The van der Waals surface area contributed by atoms with Crippen LogP contribution in [0.5, 0.6) is 0 Å². The molecule has 1 N–H and O–H groups in total. The number of nitrogens with zero attached hydrogens (tertiary/aromatic N) is 2. The van der Waals surface area contributed by atoms with E-state index >= 15 is 0 Å². The summed E-state index contributed by atoms with van der Waals surface area (Å²) in [4.78, 5) is 0. The van der Waals surface area contributed by atoms with Crippen LogP contribution >= 0.6 is 11.6 Å². The highest BCUT2D eigenvalue weighted by Gasteiger charge is 2.10. The van der Waals surface area contributed by atoms with Crippen molar-refractivity contribution in [3.05, 3.63) is 57.9 Å². The van der Waals surface area contributed by atoms with Crippen molar-refractivity contribution in [1.82, 2.24) is 9.88 Å². The molecule has 0 aliphatic carbocycles. The van der Waals surface area contributed by atoms with Gasteiger partial charge in [0, 0.05) is 30.4 Å². The number of rotatable bonds is 4. The predicted octanol–water partition coefficient (Wildman–Crippen LogP) is 3.71. The summed E-state index contributed by atoms with van der Waals surface area (Å²) in [6.07, 6.45) is 0. The number of hydrogen-bond donors (Lipinski definition) is 1. The molecule has 1 unspecified atom stereocenters. The zero-order chi connectivity index (χ0) is 14.7. The molecule has 0 saturated carbocycles. The number of benzene rings is 1. The first-order valence-corrected chi connectivity index (χ1v) is 6.95. The fourth-order valence-electron chi connectivity index (χ4n) is 2.21. The summed E-state index contributed by atoms with van der Waals surface area (Å²) in [5.41, 5.74) is 4.12. The molecule has 2 aromatic rings. The maximum absolute atomic E-state index is 9.04. The van der Waals surface area contributed by atoms with Crippen molar-refractivity contribution >= 4 is 11.6 Å². The molecule has 0 bridgehead atoms. The Morgan fingerprint density at radius 3 is 2.75 bits per heavy atom. The second kappa shape index (κ2) is 6.13. The van der Waals surface area contributed by atoms with Gasteiger partial charge in [0.1, 0.15) is 11.8 Å². The van der Waals surface area contributed by atoms with E-state index in [-0.39, 0.29) is 6.04 Å². The van der Waals surface area contributed by atoms with Crippen LogP contribution in [-0.4, -0.2) is 4.57 Å². The summed E-state index contributed by atoms with van der Waals surface area (Å²) in [6.45, 7) is 4.87. The number of nitrogens with one attached hydrogen (secondary N) is 1. The van der Waals surface area contributed by atoms with Crippen LogP contribution in [-0.2, 0) is 13.6 Å². The average molecular weight is 288 g/mol. The van der Waals surface area contributed by atoms with Crippen LogP contribution < -0.4 is 5.32 Å². The first kappa shape index (κ1) is 14.6. The Bertz CT molecular complexity index is 652. The molecule has 0 radical (unpaired) electrons. The Balaban J connectivity index is 2.07. The van der Waals surface area contributed by atoms with Crippen LogP contribution in [0.2, 0.25) is 5.02 Å². The van der Waals surface area contributed by atoms with Crippen LogP contribution in [0.1, 0.15) is 35.5 Å². The van der Waals surface area contributed by atoms with Crippen molar-refractivity contribution in [1.29, 1.82) is 5.26 Å². The predicted molar refractivity (Wildman–Crippen MR) is 81.6 cm³/mol. The maximum atomic E-state index is 9.04. The average Bonchev–Trinajstić information content (AvgIpc) is 2.72. The van der Waals surface area contributed by atoms with E-state index in [1.807, 2.05) is 42.8 Å². The molecular formula is C16H18ClN3. The molecule has 0 spiro atoms. The van der Waals surface area contributed by atoms with E-state index < -0.39 is 0 Å². The molecule has 2 rings (SSSR count). The number of aromatic nitrogens is 1. The number of hydrogen-bond acceptors (Lipinski definition) is 2. The summed E-state index contributed by atoms with van der Waals surface area (Å²) in [6, 6.07) is 12.2. The highest BCUT2D eigenvalue weighted by atomic mass is 35.5. The molecule has 1 aromatic heterocycles. The molecule has 1 aromatic carbocycles. The third-order valence-electron chi connectivity index (χ3n) is 3.70. The standard InChI is InChI=1S/C16H18ClN3/c1-11(13-5-4-6-15(17)7-13)19-10-14-8-16(9-18)20(3)12(14)2/h4-8,11,19H,10H2,1-3H3. The smallest absolute Gasteiger partial charge is 0.120 e. The van der Waals surface area contributed by atoms with Gasteiger partial charge in [-0.3, -0.25) is 0 Å². The summed E-state index contributed by atoms with van der Waals surface area (Å²) >= 11 is 6.01. The molecule has 0 aliphatic rings. The fourth-order valence-corrected chi connectivity index (χ4v) is 2.40. The van der Waals surface area contributed by atoms with E-state index in [1.54, 1.807) is 0 Å². The monoisotopic (exact) mass is 287 g/mol. The molecule has 104 valence electrons. The maximum Gasteiger partial charge on any atom is 0.120 e. The normalized spacial score (nSPS) is 12.2. The first-order valence-electron chi connectivity index (χ1n) is 6.57. The van der Waals surface area contributed by atoms with Gasteiger partial charge in [-0.2, -0.15) is 5.26 Å². The van der Waals surface area contributed by atoms with Crippen LogP contribution in [0.3, 0.4) is 0 Å². The Kier molecular flexibility index (Phi) is 4.49. The van der Waals surface area contributed by atoms with Crippen molar-refractivity contribution in [2.45, 2.75) is 26.4 Å². The molecule has 0 amide bonds. The molecular weight excluding hydrogens is 270 g/mol. The SMILES string of the molecule is Cc1c(CNC(C)c2cccc(Cl)c2)cc(C#N)n1C. The first-order chi connectivity index (χ1) is 9.52. The van der Waals surface area contributed by atoms with Crippen LogP contribution in [0.15, 0.2) is 30.3 Å². The topological polar surface area (TPSA) is 40.8 Å². The van der Waals surface area contributed by atoms with Crippen molar-refractivity contribution < 1.29 is 0 Å². The van der Waals surface area contributed by atoms with Gasteiger partial charge in [-0.05, 0) is 43.2 Å². The Labute approximate surface area is 124 Å². The Morgan fingerprint density at radius 1 is 1.40 bits per heavy atom. The van der Waals surface area contributed by atoms with Gasteiger partial charge in [0.15, 0.2) is 0 Å². The third-order valence-corrected chi connectivity index (χ3v) is 3.94. The summed E-state index contributed by atoms with van der Waals surface area (Å²) in [5, 5.41) is 13.3. The van der Waals surface area contributed by atoms with Gasteiger partial charge in [-0.15, -0.1) is 0 Å². The minimum Gasteiger partial charge on any atom is -0.340 e. The van der Waals surface area contributed by atoms with Gasteiger partial charge in [0.2, 0.25) is 0 Å². The lowest BCUT2D eigenvalue weighted by molar-refractivity contribution is 0.572. The van der Waals surface area contributed by atoms with Crippen molar-refractivity contribution in [3.8, 4) is 6.07 Å². The lowest BCUT2D eigenvalue weighted by Gasteiger charge is -2.14. The lowest BCUT2D eigenvalue weighted by atomic mass is 10.1. The highest BCUT2D eigenvalue weighted by Crippen LogP contribution is 2.19. The fraction of sp³-hybridized carbons (Fsp3) is 0.312. The molecule has 1 heterocycles. The zero-order valence-corrected chi connectivity index (χ0v) is 12.7. The molecule has 0 aliphatic heterocycles. The van der Waals surface area contributed by atoms with Gasteiger partial charge in [0.05, 0.1) is 0 Å². The highest BCUT2D eigenvalue weighted by molar-refractivity contribution is 6.30. The van der Waals surface area contributed by atoms with E-state index in [2.05, 4.69) is 24.4 Å². The number of halogens is 1. The zero-order valence-electron chi connectivity index (χ0n) is 11.9. The third kappa shape index (κ3) is 3.04. The van der Waals surface area contributed by atoms with Crippen LogP contribution in [0.25, 0.3) is 0 Å². The quantitative estimate of drug-likeness (QED) is 0.931. The molecule has 0 saturated heterocycles. The minimum atomic E-state index is 0.207. The molecule has 3 nitrogen and oxygen atoms in total. The van der Waals surface area contributed by atoms with Crippen LogP contribution in [0, 0.1) is 18.3 Å². The van der Waals surface area contributed by atoms with Crippen molar-refractivity contribution in [2.24, 2.45) is 7.05 Å². The van der Waals surface area contributed by atoms with Gasteiger partial charge in [-0.25, -0.2) is 0 Å². The molecule has 4 heteroatoms. The summed E-state index contributed by atoms with van der Waals surface area (Å²) in [7, 11) is 1.91. The number of nitriles is 1. The van der Waals surface area contributed by atoms with E-state index in [0.29, 0.717) is 5.69 Å². The van der Waals surface area contributed by atoms with Crippen molar-refractivity contribution in [3.63, 3.8) is 0 Å². The molecule has 20 heavy (non-hydrogen) atoms. The van der Waals surface area contributed by atoms with Gasteiger partial charge < -0.3 is 9.88 Å². The minimum absolute atomic E-state index is 0.207. The second-order valence-corrected chi connectivity index (χ2v) is 5.41.